The first-order valence-electron chi connectivity index (χ1n) is 15.7. The molecule has 232 valence electrons. The average Bonchev–Trinajstić information content (AvgIpc) is 3.44. The van der Waals surface area contributed by atoms with Crippen molar-refractivity contribution < 1.29 is 24.2 Å². The van der Waals surface area contributed by atoms with E-state index >= 15 is 0 Å². The highest BCUT2D eigenvalue weighted by molar-refractivity contribution is 5.99. The summed E-state index contributed by atoms with van der Waals surface area (Å²) in [6.45, 7) is 0.896. The van der Waals surface area contributed by atoms with E-state index < -0.39 is 11.5 Å². The monoisotopic (exact) mass is 606 g/mol. The number of fused-ring (bicyclic) bond motifs is 1. The molecule has 6 rings (SSSR count). The topological polar surface area (TPSA) is 123 Å². The Labute approximate surface area is 262 Å². The van der Waals surface area contributed by atoms with Crippen LogP contribution in [0.2, 0.25) is 0 Å². The molecule has 9 heteroatoms. The third-order valence-electron chi connectivity index (χ3n) is 8.90. The molecule has 1 aliphatic heterocycles. The number of para-hydroxylation sites is 1. The van der Waals surface area contributed by atoms with Crippen LogP contribution in [0.25, 0.3) is 22.7 Å². The van der Waals surface area contributed by atoms with Gasteiger partial charge in [-0.25, -0.2) is 9.48 Å². The van der Waals surface area contributed by atoms with Crippen molar-refractivity contribution >= 4 is 40.4 Å². The summed E-state index contributed by atoms with van der Waals surface area (Å²) >= 11 is 0. The van der Waals surface area contributed by atoms with Crippen LogP contribution in [0.3, 0.4) is 0 Å². The highest BCUT2D eigenvalue weighted by Crippen LogP contribution is 2.38. The van der Waals surface area contributed by atoms with Gasteiger partial charge < -0.3 is 20.5 Å². The van der Waals surface area contributed by atoms with Crippen LogP contribution in [0.4, 0.5) is 5.69 Å². The molecule has 0 spiro atoms. The normalized spacial score (nSPS) is 16.9. The van der Waals surface area contributed by atoms with Crippen molar-refractivity contribution in [3.05, 3.63) is 95.7 Å². The average molecular weight is 607 g/mol. The Morgan fingerprint density at radius 1 is 0.956 bits per heavy atom. The number of nitrogens with one attached hydrogen (secondary N) is 2. The Morgan fingerprint density at radius 3 is 2.40 bits per heavy atom. The lowest BCUT2D eigenvalue weighted by Gasteiger charge is -2.37. The number of amides is 2. The second-order valence-electron chi connectivity index (χ2n) is 12.1. The second kappa shape index (κ2) is 13.5. The number of aliphatic carboxylic acids is 1. The molecule has 1 saturated carbocycles. The Bertz CT molecular complexity index is 1700. The fourth-order valence-electron chi connectivity index (χ4n) is 6.56. The standard InChI is InChI=1S/C36H38N4O5/c41-32(37-28-15-11-25(12-16-28)13-18-33(42)43)24-36(19-21-45-22-20-36)38-35(44)27-14-17-30-31(23-27)39-40(29-9-5-2-6-10-29)34(30)26-7-3-1-4-8-26/h2,5-6,9-18,23,26H,1,3-4,7-8,19-22,24H2,(H,37,41)(H,38,44)(H,42,43)/b18-13+. The lowest BCUT2D eigenvalue weighted by Crippen LogP contribution is -2.53. The quantitative estimate of drug-likeness (QED) is 0.188. The van der Waals surface area contributed by atoms with Crippen molar-refractivity contribution in [3.8, 4) is 5.69 Å². The number of hydrogen-bond donors (Lipinski definition) is 3. The maximum atomic E-state index is 13.7. The van der Waals surface area contributed by atoms with Crippen molar-refractivity contribution in [2.24, 2.45) is 0 Å². The number of benzene rings is 3. The predicted octanol–water partition coefficient (Wildman–Crippen LogP) is 6.48. The van der Waals surface area contributed by atoms with Gasteiger partial charge in [0.15, 0.2) is 0 Å². The molecular formula is C36H38N4O5. The van der Waals surface area contributed by atoms with Crippen LogP contribution >= 0.6 is 0 Å². The summed E-state index contributed by atoms with van der Waals surface area (Å²) < 4.78 is 7.65. The van der Waals surface area contributed by atoms with Crippen molar-refractivity contribution in [1.82, 2.24) is 15.1 Å². The Morgan fingerprint density at radius 2 is 1.69 bits per heavy atom. The number of rotatable bonds is 9. The van der Waals surface area contributed by atoms with Gasteiger partial charge >= 0.3 is 5.97 Å². The molecule has 2 aliphatic rings. The Hall–Kier alpha value is -4.76. The van der Waals surface area contributed by atoms with E-state index in [1.807, 2.05) is 36.4 Å². The number of aromatic nitrogens is 2. The van der Waals surface area contributed by atoms with Crippen molar-refractivity contribution in [3.63, 3.8) is 0 Å². The Balaban J connectivity index is 1.21. The molecule has 0 unspecified atom stereocenters. The van der Waals surface area contributed by atoms with Gasteiger partial charge in [0.25, 0.3) is 5.91 Å². The number of nitrogens with zero attached hydrogens (tertiary/aromatic N) is 2. The highest BCUT2D eigenvalue weighted by atomic mass is 16.5. The molecule has 1 saturated heterocycles. The van der Waals surface area contributed by atoms with Crippen LogP contribution in [-0.4, -0.2) is 51.4 Å². The van der Waals surface area contributed by atoms with Gasteiger partial charge in [-0.1, -0.05) is 55.7 Å². The number of carbonyl (C=O) groups is 3. The van der Waals surface area contributed by atoms with Gasteiger partial charge in [0, 0.05) is 41.8 Å². The van der Waals surface area contributed by atoms with E-state index in [0.29, 0.717) is 48.8 Å². The molecule has 45 heavy (non-hydrogen) atoms. The molecule has 2 amide bonds. The molecule has 0 bridgehead atoms. The smallest absolute Gasteiger partial charge is 0.328 e. The minimum atomic E-state index is -1.03. The minimum Gasteiger partial charge on any atom is -0.478 e. The number of anilines is 1. The van der Waals surface area contributed by atoms with Gasteiger partial charge in [-0.05, 0) is 73.7 Å². The van der Waals surface area contributed by atoms with Gasteiger partial charge in [-0.15, -0.1) is 0 Å². The fraction of sp³-hybridized carbons (Fsp3) is 0.333. The van der Waals surface area contributed by atoms with E-state index in [9.17, 15) is 14.4 Å². The van der Waals surface area contributed by atoms with E-state index in [0.717, 1.165) is 35.5 Å². The molecule has 4 aromatic rings. The zero-order valence-electron chi connectivity index (χ0n) is 25.2. The number of ether oxygens (including phenoxy) is 1. The van der Waals surface area contributed by atoms with E-state index in [-0.39, 0.29) is 18.2 Å². The summed E-state index contributed by atoms with van der Waals surface area (Å²) in [5, 5.41) is 21.0. The first-order chi connectivity index (χ1) is 21.9. The van der Waals surface area contributed by atoms with Gasteiger partial charge in [-0.2, -0.15) is 5.10 Å². The van der Waals surface area contributed by atoms with Crippen LogP contribution in [0.5, 0.6) is 0 Å². The van der Waals surface area contributed by atoms with Gasteiger partial charge in [0.1, 0.15) is 0 Å². The maximum Gasteiger partial charge on any atom is 0.328 e. The molecule has 1 aliphatic carbocycles. The summed E-state index contributed by atoms with van der Waals surface area (Å²) in [6, 6.07) is 22.8. The van der Waals surface area contributed by atoms with E-state index in [1.54, 1.807) is 24.3 Å². The first kappa shape index (κ1) is 30.3. The molecular weight excluding hydrogens is 568 g/mol. The summed E-state index contributed by atoms with van der Waals surface area (Å²) in [6.07, 6.45) is 9.63. The zero-order valence-corrected chi connectivity index (χ0v) is 25.2. The van der Waals surface area contributed by atoms with E-state index in [1.165, 1.54) is 31.0 Å². The molecule has 3 aromatic carbocycles. The second-order valence-corrected chi connectivity index (χ2v) is 12.1. The fourth-order valence-corrected chi connectivity index (χ4v) is 6.56. The molecule has 0 radical (unpaired) electrons. The zero-order chi connectivity index (χ0) is 31.2. The predicted molar refractivity (Wildman–Crippen MR) is 174 cm³/mol. The molecule has 3 N–H and O–H groups in total. The van der Waals surface area contributed by atoms with Crippen LogP contribution < -0.4 is 10.6 Å². The minimum absolute atomic E-state index is 0.0967. The molecule has 2 heterocycles. The van der Waals surface area contributed by atoms with Gasteiger partial charge in [0.2, 0.25) is 5.91 Å². The number of carboxylic acid groups (broad SMARTS) is 1. The SMILES string of the molecule is O=C(O)/C=C/c1ccc(NC(=O)CC2(NC(=O)c3ccc4c(C5CCCCC5)n(-c5ccccc5)nc4c3)CCOCC2)cc1. The Kier molecular flexibility index (Phi) is 9.07. The highest BCUT2D eigenvalue weighted by Gasteiger charge is 2.37. The summed E-state index contributed by atoms with van der Waals surface area (Å²) in [4.78, 5) is 37.7. The third kappa shape index (κ3) is 7.15. The van der Waals surface area contributed by atoms with Crippen LogP contribution in [0, 0.1) is 0 Å². The van der Waals surface area contributed by atoms with Gasteiger partial charge in [-0.3, -0.25) is 9.59 Å². The lowest BCUT2D eigenvalue weighted by molar-refractivity contribution is -0.131. The van der Waals surface area contributed by atoms with Crippen LogP contribution in [0.15, 0.2) is 78.9 Å². The van der Waals surface area contributed by atoms with Crippen LogP contribution in [-0.2, 0) is 14.3 Å². The molecule has 0 atom stereocenters. The summed E-state index contributed by atoms with van der Waals surface area (Å²) in [7, 11) is 0. The van der Waals surface area contributed by atoms with Crippen molar-refractivity contribution in [2.45, 2.75) is 62.8 Å². The number of hydrogen-bond acceptors (Lipinski definition) is 5. The molecule has 9 nitrogen and oxygen atoms in total. The van der Waals surface area contributed by atoms with Crippen LogP contribution in [0.1, 0.15) is 78.9 Å². The third-order valence-corrected chi connectivity index (χ3v) is 8.90. The lowest BCUT2D eigenvalue weighted by atomic mass is 9.85. The largest absolute Gasteiger partial charge is 0.478 e. The van der Waals surface area contributed by atoms with E-state index in [2.05, 4.69) is 27.4 Å². The van der Waals surface area contributed by atoms with Crippen molar-refractivity contribution in [1.29, 1.82) is 0 Å². The summed E-state index contributed by atoms with van der Waals surface area (Å²) in [5.74, 6) is -1.07. The molecule has 1 aromatic heterocycles. The van der Waals surface area contributed by atoms with Crippen molar-refractivity contribution in [2.75, 3.05) is 18.5 Å². The summed E-state index contributed by atoms with van der Waals surface area (Å²) in [5.41, 5.74) is 4.06. The van der Waals surface area contributed by atoms with Gasteiger partial charge in [0.05, 0.1) is 28.9 Å². The number of carbonyl (C=O) groups excluding carboxylic acids is 2. The number of carboxylic acids is 1. The van der Waals surface area contributed by atoms with E-state index in [4.69, 9.17) is 14.9 Å². The maximum absolute atomic E-state index is 13.7. The molecule has 2 fully saturated rings. The first-order valence-corrected chi connectivity index (χ1v) is 15.7.